The van der Waals surface area contributed by atoms with Crippen LogP contribution in [0.2, 0.25) is 0 Å². The van der Waals surface area contributed by atoms with E-state index in [1.54, 1.807) is 0 Å². The highest BCUT2D eigenvalue weighted by Crippen LogP contribution is 2.84. The van der Waals surface area contributed by atoms with Gasteiger partial charge >= 0.3 is 0 Å². The lowest BCUT2D eigenvalue weighted by Gasteiger charge is -2.61. The Hall–Kier alpha value is -1.11. The number of benzene rings is 1. The Bertz CT molecular complexity index is 558. The molecule has 4 unspecified atom stereocenters. The molecule has 1 aromatic carbocycles. The molecule has 1 heteroatoms. The quantitative estimate of drug-likeness (QED) is 0.718. The number of rotatable bonds is 2. The lowest BCUT2D eigenvalue weighted by Crippen LogP contribution is -2.56. The van der Waals surface area contributed by atoms with Crippen molar-refractivity contribution in [2.75, 3.05) is 0 Å². The summed E-state index contributed by atoms with van der Waals surface area (Å²) in [6, 6.07) is 9.93. The second kappa shape index (κ2) is 3.13. The van der Waals surface area contributed by atoms with E-state index in [4.69, 9.17) is 0 Å². The second-order valence-corrected chi connectivity index (χ2v) is 7.88. The molecule has 0 N–H and O–H groups in total. The van der Waals surface area contributed by atoms with Gasteiger partial charge in [-0.05, 0) is 41.9 Å². The molecule has 0 radical (unpaired) electrons. The van der Waals surface area contributed by atoms with E-state index in [0.717, 1.165) is 30.2 Å². The molecule has 0 aliphatic heterocycles. The van der Waals surface area contributed by atoms with Crippen LogP contribution >= 0.6 is 0 Å². The Kier molecular flexibility index (Phi) is 1.93. The third kappa shape index (κ3) is 1.16. The average molecular weight is 254 g/mol. The minimum Gasteiger partial charge on any atom is -0.294 e. The SMILES string of the molecule is CC1(C)C2CC1C1(C)CC1(C(=O)c1ccccc1)C2. The summed E-state index contributed by atoms with van der Waals surface area (Å²) < 4.78 is 0. The van der Waals surface area contributed by atoms with Crippen molar-refractivity contribution in [3.8, 4) is 0 Å². The van der Waals surface area contributed by atoms with Crippen molar-refractivity contribution in [3.05, 3.63) is 35.9 Å². The molecule has 2 bridgehead atoms. The zero-order chi connectivity index (χ0) is 13.5. The van der Waals surface area contributed by atoms with Gasteiger partial charge in [0.2, 0.25) is 0 Å². The Morgan fingerprint density at radius 3 is 2.42 bits per heavy atom. The second-order valence-electron chi connectivity index (χ2n) is 7.88. The summed E-state index contributed by atoms with van der Waals surface area (Å²) in [7, 11) is 0. The number of hydrogen-bond donors (Lipinski definition) is 0. The molecular weight excluding hydrogens is 232 g/mol. The summed E-state index contributed by atoms with van der Waals surface area (Å²) in [6.07, 6.45) is 3.60. The van der Waals surface area contributed by atoms with E-state index in [1.165, 1.54) is 6.42 Å². The van der Waals surface area contributed by atoms with Crippen molar-refractivity contribution in [2.45, 2.75) is 40.0 Å². The van der Waals surface area contributed by atoms with Gasteiger partial charge in [0, 0.05) is 11.0 Å². The van der Waals surface area contributed by atoms with E-state index in [2.05, 4.69) is 20.8 Å². The van der Waals surface area contributed by atoms with Crippen LogP contribution in [0.3, 0.4) is 0 Å². The summed E-state index contributed by atoms with van der Waals surface area (Å²) in [6.45, 7) is 7.19. The largest absolute Gasteiger partial charge is 0.294 e. The Morgan fingerprint density at radius 1 is 1.16 bits per heavy atom. The third-order valence-corrected chi connectivity index (χ3v) is 6.94. The van der Waals surface area contributed by atoms with Crippen LogP contribution in [0.1, 0.15) is 50.4 Å². The van der Waals surface area contributed by atoms with E-state index in [-0.39, 0.29) is 10.8 Å². The van der Waals surface area contributed by atoms with E-state index < -0.39 is 0 Å². The lowest BCUT2D eigenvalue weighted by atomic mass is 9.43. The summed E-state index contributed by atoms with van der Waals surface area (Å²) in [5.41, 5.74) is 1.65. The van der Waals surface area contributed by atoms with Gasteiger partial charge in [0.25, 0.3) is 0 Å². The molecule has 100 valence electrons. The molecule has 4 atom stereocenters. The number of carbonyl (C=O) groups excluding carboxylic acids is 1. The Morgan fingerprint density at radius 2 is 1.84 bits per heavy atom. The molecule has 0 aromatic heterocycles. The summed E-state index contributed by atoms with van der Waals surface area (Å²) in [5.74, 6) is 1.94. The maximum Gasteiger partial charge on any atom is 0.169 e. The average Bonchev–Trinajstić information content (AvgIpc) is 3.06. The first-order valence-electron chi connectivity index (χ1n) is 7.52. The van der Waals surface area contributed by atoms with Crippen LogP contribution in [-0.4, -0.2) is 5.78 Å². The van der Waals surface area contributed by atoms with Crippen molar-refractivity contribution in [3.63, 3.8) is 0 Å². The van der Waals surface area contributed by atoms with Gasteiger partial charge in [-0.3, -0.25) is 4.79 Å². The highest BCUT2D eigenvalue weighted by atomic mass is 16.1. The first-order chi connectivity index (χ1) is 8.92. The molecule has 4 saturated carbocycles. The van der Waals surface area contributed by atoms with Crippen LogP contribution in [0.5, 0.6) is 0 Å². The predicted octanol–water partition coefficient (Wildman–Crippen LogP) is 4.33. The van der Waals surface area contributed by atoms with Crippen molar-refractivity contribution >= 4 is 5.78 Å². The van der Waals surface area contributed by atoms with Crippen molar-refractivity contribution in [2.24, 2.45) is 28.1 Å². The minimum absolute atomic E-state index is 0.0164. The van der Waals surface area contributed by atoms with Gasteiger partial charge in [-0.15, -0.1) is 0 Å². The molecule has 1 nitrogen and oxygen atoms in total. The monoisotopic (exact) mass is 254 g/mol. The van der Waals surface area contributed by atoms with E-state index in [1.807, 2.05) is 30.3 Å². The molecule has 0 amide bonds. The Labute approximate surface area is 115 Å². The molecule has 0 spiro atoms. The molecule has 0 saturated heterocycles. The first-order valence-corrected chi connectivity index (χ1v) is 7.52. The van der Waals surface area contributed by atoms with Gasteiger partial charge < -0.3 is 0 Å². The molecule has 19 heavy (non-hydrogen) atoms. The highest BCUT2D eigenvalue weighted by Gasteiger charge is 2.80. The maximum absolute atomic E-state index is 12.9. The number of Topliss-reactive ketones (excluding diaryl/α,β-unsaturated/α-hetero) is 1. The van der Waals surface area contributed by atoms with E-state index in [9.17, 15) is 4.79 Å². The van der Waals surface area contributed by atoms with Crippen molar-refractivity contribution in [1.29, 1.82) is 0 Å². The first kappa shape index (κ1) is 11.7. The Balaban J connectivity index is 1.71. The molecule has 0 heterocycles. The van der Waals surface area contributed by atoms with E-state index >= 15 is 0 Å². The van der Waals surface area contributed by atoms with Crippen molar-refractivity contribution < 1.29 is 4.79 Å². The zero-order valence-electron chi connectivity index (χ0n) is 12.1. The molecule has 5 rings (SSSR count). The van der Waals surface area contributed by atoms with Gasteiger partial charge in [0.15, 0.2) is 5.78 Å². The van der Waals surface area contributed by atoms with Crippen LogP contribution in [0.15, 0.2) is 30.3 Å². The fourth-order valence-electron chi connectivity index (χ4n) is 5.51. The topological polar surface area (TPSA) is 17.1 Å². The normalized spacial score (nSPS) is 45.0. The van der Waals surface area contributed by atoms with Crippen LogP contribution in [0.4, 0.5) is 0 Å². The molecule has 4 fully saturated rings. The standard InChI is InChI=1S/C18H22O/c1-16(2)13-9-14(16)17(3)11-18(17,10-13)15(19)12-7-5-4-6-8-12/h4-8,13-14H,9-11H2,1-3H3. The minimum atomic E-state index is -0.0164. The fraction of sp³-hybridized carbons (Fsp3) is 0.611. The molecule has 1 aromatic rings. The lowest BCUT2D eigenvalue weighted by molar-refractivity contribution is -0.120. The summed E-state index contributed by atoms with van der Waals surface area (Å²) in [4.78, 5) is 12.9. The molecule has 4 aliphatic carbocycles. The van der Waals surface area contributed by atoms with Crippen molar-refractivity contribution in [1.82, 2.24) is 0 Å². The highest BCUT2D eigenvalue weighted by molar-refractivity contribution is 6.03. The smallest absolute Gasteiger partial charge is 0.169 e. The van der Waals surface area contributed by atoms with E-state index in [0.29, 0.717) is 11.2 Å². The van der Waals surface area contributed by atoms with Gasteiger partial charge in [-0.2, -0.15) is 0 Å². The zero-order valence-corrected chi connectivity index (χ0v) is 12.1. The van der Waals surface area contributed by atoms with Crippen LogP contribution < -0.4 is 0 Å². The van der Waals surface area contributed by atoms with Gasteiger partial charge in [0.05, 0.1) is 0 Å². The number of ketones is 1. The van der Waals surface area contributed by atoms with Gasteiger partial charge in [0.1, 0.15) is 0 Å². The predicted molar refractivity (Wildman–Crippen MR) is 75.9 cm³/mol. The van der Waals surface area contributed by atoms with Crippen LogP contribution in [-0.2, 0) is 0 Å². The maximum atomic E-state index is 12.9. The number of hydrogen-bond acceptors (Lipinski definition) is 1. The molecule has 4 aliphatic rings. The fourth-order valence-corrected chi connectivity index (χ4v) is 5.51. The third-order valence-electron chi connectivity index (χ3n) is 6.94. The van der Waals surface area contributed by atoms with Gasteiger partial charge in [-0.25, -0.2) is 0 Å². The van der Waals surface area contributed by atoms with Crippen LogP contribution in [0.25, 0.3) is 0 Å². The summed E-state index contributed by atoms with van der Waals surface area (Å²) >= 11 is 0. The molecular formula is C18H22O. The van der Waals surface area contributed by atoms with Gasteiger partial charge in [-0.1, -0.05) is 51.1 Å². The number of carbonyl (C=O) groups is 1. The summed E-state index contributed by atoms with van der Waals surface area (Å²) in [5, 5.41) is 0. The van der Waals surface area contributed by atoms with Crippen LogP contribution in [0, 0.1) is 28.1 Å².